The summed E-state index contributed by atoms with van der Waals surface area (Å²) in [6.45, 7) is 7.92. The Hall–Kier alpha value is -1.55. The number of nitrogens with zero attached hydrogens (tertiary/aromatic N) is 2. The van der Waals surface area contributed by atoms with E-state index in [1.165, 1.54) is 12.0 Å². The van der Waals surface area contributed by atoms with Crippen LogP contribution < -0.4 is 4.74 Å². The molecule has 0 bridgehead atoms. The predicted molar refractivity (Wildman–Crippen MR) is 96.1 cm³/mol. The first-order chi connectivity index (χ1) is 11.6. The summed E-state index contributed by atoms with van der Waals surface area (Å²) in [5.74, 6) is 2.42. The molecule has 24 heavy (non-hydrogen) atoms. The zero-order valence-electron chi connectivity index (χ0n) is 15.2. The summed E-state index contributed by atoms with van der Waals surface area (Å²) in [5, 5.41) is 0. The molecule has 2 aliphatic heterocycles. The topological polar surface area (TPSA) is 32.8 Å². The first-order valence-electron chi connectivity index (χ1n) is 9.22. The molecular formula is C20H30N2O2. The SMILES string of the molecule is COc1ccc([C@@H]2CCCN2CC(=O)N2C[C@H](C)C[C@@H](C)C2)cc1. The highest BCUT2D eigenvalue weighted by Crippen LogP contribution is 2.33. The lowest BCUT2D eigenvalue weighted by Crippen LogP contribution is -2.46. The molecule has 0 N–H and O–H groups in total. The van der Waals surface area contributed by atoms with Gasteiger partial charge in [0, 0.05) is 19.1 Å². The first-order valence-corrected chi connectivity index (χ1v) is 9.22. The Morgan fingerprint density at radius 1 is 1.17 bits per heavy atom. The van der Waals surface area contributed by atoms with E-state index < -0.39 is 0 Å². The van der Waals surface area contributed by atoms with Gasteiger partial charge in [0.25, 0.3) is 0 Å². The van der Waals surface area contributed by atoms with Gasteiger partial charge in [-0.15, -0.1) is 0 Å². The van der Waals surface area contributed by atoms with Gasteiger partial charge in [-0.1, -0.05) is 26.0 Å². The summed E-state index contributed by atoms with van der Waals surface area (Å²) >= 11 is 0. The van der Waals surface area contributed by atoms with Gasteiger partial charge in [-0.25, -0.2) is 0 Å². The predicted octanol–water partition coefficient (Wildman–Crippen LogP) is 3.34. The maximum Gasteiger partial charge on any atom is 0.236 e. The molecule has 0 spiro atoms. The largest absolute Gasteiger partial charge is 0.497 e. The molecule has 0 aromatic heterocycles. The van der Waals surface area contributed by atoms with Crippen molar-refractivity contribution >= 4 is 5.91 Å². The molecule has 2 fully saturated rings. The molecule has 2 heterocycles. The van der Waals surface area contributed by atoms with E-state index in [-0.39, 0.29) is 0 Å². The summed E-state index contributed by atoms with van der Waals surface area (Å²) < 4.78 is 5.25. The van der Waals surface area contributed by atoms with E-state index >= 15 is 0 Å². The molecule has 3 atom stereocenters. The number of hydrogen-bond donors (Lipinski definition) is 0. The molecule has 1 aromatic carbocycles. The minimum absolute atomic E-state index is 0.300. The van der Waals surface area contributed by atoms with Gasteiger partial charge in [-0.3, -0.25) is 9.69 Å². The van der Waals surface area contributed by atoms with Crippen LogP contribution in [0, 0.1) is 11.8 Å². The van der Waals surface area contributed by atoms with Crippen molar-refractivity contribution in [3.8, 4) is 5.75 Å². The molecule has 0 unspecified atom stereocenters. The lowest BCUT2D eigenvalue weighted by atomic mass is 9.92. The van der Waals surface area contributed by atoms with Crippen molar-refractivity contribution in [2.24, 2.45) is 11.8 Å². The average Bonchev–Trinajstić information content (AvgIpc) is 3.02. The molecule has 2 saturated heterocycles. The van der Waals surface area contributed by atoms with Crippen molar-refractivity contribution in [2.45, 2.75) is 39.2 Å². The van der Waals surface area contributed by atoms with Crippen LogP contribution in [-0.2, 0) is 4.79 Å². The molecule has 4 heteroatoms. The third-order valence-electron chi connectivity index (χ3n) is 5.42. The standard InChI is InChI=1S/C20H30N2O2/c1-15-11-16(2)13-22(12-15)20(23)14-21-10-4-5-19(21)17-6-8-18(24-3)9-7-17/h6-9,15-16,19H,4-5,10-14H2,1-3H3/t15-,16-,19+/m1/s1. The van der Waals surface area contributed by atoms with Crippen molar-refractivity contribution in [3.05, 3.63) is 29.8 Å². The molecule has 1 amide bonds. The highest BCUT2D eigenvalue weighted by molar-refractivity contribution is 5.78. The second-order valence-corrected chi connectivity index (χ2v) is 7.65. The van der Waals surface area contributed by atoms with Gasteiger partial charge in [-0.05, 0) is 55.3 Å². The summed E-state index contributed by atoms with van der Waals surface area (Å²) in [7, 11) is 1.69. The van der Waals surface area contributed by atoms with Crippen molar-refractivity contribution < 1.29 is 9.53 Å². The number of piperidine rings is 1. The molecule has 132 valence electrons. The van der Waals surface area contributed by atoms with Crippen LogP contribution in [0.5, 0.6) is 5.75 Å². The Balaban J connectivity index is 1.63. The van der Waals surface area contributed by atoms with Crippen molar-refractivity contribution in [1.82, 2.24) is 9.80 Å². The van der Waals surface area contributed by atoms with Crippen LogP contribution in [0.3, 0.4) is 0 Å². The molecule has 0 saturated carbocycles. The Morgan fingerprint density at radius 3 is 2.46 bits per heavy atom. The Kier molecular flexibility index (Phi) is 5.44. The highest BCUT2D eigenvalue weighted by Gasteiger charge is 2.31. The third kappa shape index (κ3) is 3.92. The quantitative estimate of drug-likeness (QED) is 0.849. The summed E-state index contributed by atoms with van der Waals surface area (Å²) in [6.07, 6.45) is 3.53. The van der Waals surface area contributed by atoms with Gasteiger partial charge in [0.15, 0.2) is 0 Å². The fraction of sp³-hybridized carbons (Fsp3) is 0.650. The molecule has 0 aliphatic carbocycles. The van der Waals surface area contributed by atoms with Crippen LogP contribution in [0.25, 0.3) is 0 Å². The number of rotatable bonds is 4. The zero-order valence-corrected chi connectivity index (χ0v) is 15.2. The summed E-state index contributed by atoms with van der Waals surface area (Å²) in [6, 6.07) is 8.66. The lowest BCUT2D eigenvalue weighted by Gasteiger charge is -2.36. The maximum atomic E-state index is 12.8. The zero-order chi connectivity index (χ0) is 17.1. The van der Waals surface area contributed by atoms with Crippen LogP contribution >= 0.6 is 0 Å². The molecule has 3 rings (SSSR count). The number of ether oxygens (including phenoxy) is 1. The number of likely N-dealkylation sites (tertiary alicyclic amines) is 2. The number of benzene rings is 1. The number of methoxy groups -OCH3 is 1. The first kappa shape index (κ1) is 17.3. The van der Waals surface area contributed by atoms with Gasteiger partial charge in [0.05, 0.1) is 13.7 Å². The maximum absolute atomic E-state index is 12.8. The summed E-state index contributed by atoms with van der Waals surface area (Å²) in [5.41, 5.74) is 1.29. The van der Waals surface area contributed by atoms with Gasteiger partial charge in [0.2, 0.25) is 5.91 Å². The molecular weight excluding hydrogens is 300 g/mol. The summed E-state index contributed by atoms with van der Waals surface area (Å²) in [4.78, 5) is 17.2. The lowest BCUT2D eigenvalue weighted by molar-refractivity contribution is -0.135. The smallest absolute Gasteiger partial charge is 0.236 e. The minimum Gasteiger partial charge on any atom is -0.497 e. The van der Waals surface area contributed by atoms with E-state index in [9.17, 15) is 4.79 Å². The Bertz CT molecular complexity index is 547. The fourth-order valence-electron chi connectivity index (χ4n) is 4.36. The average molecular weight is 330 g/mol. The van der Waals surface area contributed by atoms with Crippen LogP contribution in [-0.4, -0.2) is 49.0 Å². The second-order valence-electron chi connectivity index (χ2n) is 7.65. The van der Waals surface area contributed by atoms with Gasteiger partial charge < -0.3 is 9.64 Å². The normalized spacial score (nSPS) is 28.1. The highest BCUT2D eigenvalue weighted by atomic mass is 16.5. The van der Waals surface area contributed by atoms with Crippen molar-refractivity contribution in [2.75, 3.05) is 33.3 Å². The number of carbonyl (C=O) groups is 1. The van der Waals surface area contributed by atoms with E-state index in [1.54, 1.807) is 7.11 Å². The molecule has 4 nitrogen and oxygen atoms in total. The van der Waals surface area contributed by atoms with Crippen molar-refractivity contribution in [3.63, 3.8) is 0 Å². The van der Waals surface area contributed by atoms with Gasteiger partial charge in [0.1, 0.15) is 5.75 Å². The fourth-order valence-corrected chi connectivity index (χ4v) is 4.36. The van der Waals surface area contributed by atoms with E-state index in [0.717, 1.165) is 38.2 Å². The van der Waals surface area contributed by atoms with Crippen molar-refractivity contribution in [1.29, 1.82) is 0 Å². The number of hydrogen-bond acceptors (Lipinski definition) is 3. The third-order valence-corrected chi connectivity index (χ3v) is 5.42. The Labute approximate surface area is 145 Å². The van der Waals surface area contributed by atoms with Crippen LogP contribution in [0.15, 0.2) is 24.3 Å². The number of carbonyl (C=O) groups excluding carboxylic acids is 1. The van der Waals surface area contributed by atoms with Gasteiger partial charge >= 0.3 is 0 Å². The number of amides is 1. The van der Waals surface area contributed by atoms with Crippen LogP contribution in [0.1, 0.15) is 44.7 Å². The van der Waals surface area contributed by atoms with Crippen LogP contribution in [0.4, 0.5) is 0 Å². The molecule has 0 radical (unpaired) electrons. The monoisotopic (exact) mass is 330 g/mol. The van der Waals surface area contributed by atoms with E-state index in [1.807, 2.05) is 12.1 Å². The molecule has 2 aliphatic rings. The van der Waals surface area contributed by atoms with Gasteiger partial charge in [-0.2, -0.15) is 0 Å². The van der Waals surface area contributed by atoms with Crippen LogP contribution in [0.2, 0.25) is 0 Å². The molecule has 1 aromatic rings. The van der Waals surface area contributed by atoms with E-state index in [0.29, 0.717) is 30.3 Å². The van der Waals surface area contributed by atoms with E-state index in [2.05, 4.69) is 35.8 Å². The Morgan fingerprint density at radius 2 is 1.83 bits per heavy atom. The second kappa shape index (κ2) is 7.56. The minimum atomic E-state index is 0.300. The van der Waals surface area contributed by atoms with E-state index in [4.69, 9.17) is 4.74 Å².